The molecule has 2 aromatic rings. The fraction of sp³-hybridized carbons (Fsp3) is 0.692. The summed E-state index contributed by atoms with van der Waals surface area (Å²) in [7, 11) is 0. The highest BCUT2D eigenvalue weighted by molar-refractivity contribution is 9.10. The largest absolute Gasteiger partial charge is 1.00 e. The predicted octanol–water partition coefficient (Wildman–Crippen LogP) is 6.64. The first-order valence-corrected chi connectivity index (χ1v) is 27.6. The van der Waals surface area contributed by atoms with Gasteiger partial charge in [-0.15, -0.1) is 23.2 Å². The van der Waals surface area contributed by atoms with Gasteiger partial charge in [-0.25, -0.2) is 9.59 Å². The number of likely N-dealkylation sites (N-methyl/N-ethyl adjacent to an activating group) is 2. The third kappa shape index (κ3) is 40.9. The van der Waals surface area contributed by atoms with Crippen LogP contribution >= 0.6 is 55.1 Å². The fourth-order valence-corrected chi connectivity index (χ4v) is 8.44. The summed E-state index contributed by atoms with van der Waals surface area (Å²) in [6.45, 7) is 38.1. The Kier molecular flexibility index (Phi) is 50.3. The minimum atomic E-state index is -5.08. The molecule has 0 saturated carbocycles. The molecule has 22 heteroatoms. The van der Waals surface area contributed by atoms with Crippen molar-refractivity contribution >= 4 is 79.0 Å². The van der Waals surface area contributed by atoms with Crippen molar-refractivity contribution in [2.75, 3.05) is 84.0 Å². The number of nitrogens with zero attached hydrogens (tertiary/aromatic N) is 2. The van der Waals surface area contributed by atoms with Crippen molar-refractivity contribution < 1.29 is 114 Å². The molecule has 0 aromatic heterocycles. The summed E-state index contributed by atoms with van der Waals surface area (Å²) in [6.07, 6.45) is -4.29. The highest BCUT2D eigenvalue weighted by Gasteiger charge is 2.38. The molecule has 0 bridgehead atoms. The number of carboxylic acids is 2. The maximum absolute atomic E-state index is 12.4. The van der Waals surface area contributed by atoms with Crippen LogP contribution in [0.15, 0.2) is 60.7 Å². The minimum absolute atomic E-state index is 0. The molecule has 13 nitrogen and oxygen atoms in total. The smallest absolute Gasteiger partial charge is 0.490 e. The number of alkyl carbamates (subject to hydrolysis) is 1. The maximum atomic E-state index is 12.4. The van der Waals surface area contributed by atoms with Gasteiger partial charge in [-0.3, -0.25) is 9.59 Å². The number of carbonyl (C=O) groups is 4. The van der Waals surface area contributed by atoms with Gasteiger partial charge in [0.2, 0.25) is 5.91 Å². The number of alkyl halides is 7. The van der Waals surface area contributed by atoms with Crippen molar-refractivity contribution in [3.63, 3.8) is 0 Å². The van der Waals surface area contributed by atoms with E-state index in [2.05, 4.69) is 110 Å². The average molecular weight is 1460 g/mol. The number of nitrogens with one attached hydrogen (secondary N) is 2. The number of halogens is 9. The van der Waals surface area contributed by atoms with Crippen LogP contribution in [0.4, 0.5) is 18.0 Å². The van der Waals surface area contributed by atoms with Crippen molar-refractivity contribution in [3.8, 4) is 0 Å². The maximum Gasteiger partial charge on any atom is 0.490 e. The quantitative estimate of drug-likeness (QED) is 0.0461. The van der Waals surface area contributed by atoms with E-state index in [1.165, 1.54) is 0 Å². The van der Waals surface area contributed by atoms with Gasteiger partial charge in [0.05, 0.1) is 69.2 Å². The third-order valence-electron chi connectivity index (χ3n) is 11.6. The second-order valence-electron chi connectivity index (χ2n) is 18.6. The van der Waals surface area contributed by atoms with Gasteiger partial charge in [0.25, 0.3) is 0 Å². The van der Waals surface area contributed by atoms with Crippen molar-refractivity contribution in [1.82, 2.24) is 10.6 Å². The topological polar surface area (TPSA) is 160 Å². The Morgan fingerprint density at radius 1 is 0.622 bits per heavy atom. The number of carbonyl (C=O) groups excluding carboxylic acids is 2. The zero-order valence-electron chi connectivity index (χ0n) is 45.9. The molecule has 0 aliphatic carbocycles. The number of benzene rings is 2. The lowest BCUT2D eigenvalue weighted by Crippen LogP contribution is -3.00. The van der Waals surface area contributed by atoms with Crippen LogP contribution < -0.4 is 58.6 Å². The van der Waals surface area contributed by atoms with Gasteiger partial charge in [0.15, 0.2) is 0 Å². The van der Waals surface area contributed by atoms with Gasteiger partial charge < -0.3 is 92.0 Å². The van der Waals surface area contributed by atoms with Gasteiger partial charge in [-0.05, 0) is 98.1 Å². The Morgan fingerprint density at radius 2 is 0.932 bits per heavy atom. The predicted molar refractivity (Wildman–Crippen MR) is 293 cm³/mol. The highest BCUT2D eigenvalue weighted by Crippen LogP contribution is 2.21. The van der Waals surface area contributed by atoms with Crippen LogP contribution in [0.5, 0.6) is 0 Å². The number of rotatable bonds is 26. The molecule has 0 fully saturated rings. The fourth-order valence-electron chi connectivity index (χ4n) is 6.78. The molecular weight excluding hydrogens is 1370 g/mol. The van der Waals surface area contributed by atoms with E-state index in [4.69, 9.17) is 52.4 Å². The second-order valence-corrected chi connectivity index (χ2v) is 21.7. The summed E-state index contributed by atoms with van der Waals surface area (Å²) in [6, 6.07) is 20.2. The molecule has 2 rings (SSSR count). The average Bonchev–Trinajstić information content (AvgIpc) is 3.31. The standard InChI is InChI=1S/C22H37BrN2O2.C21H36N2O3.C6H11BrO2.C2HF3O2.CH2Cl2.2HI/c1-6-25(7-2,8-3)14-15-27-21(19-12-10-9-11-13-19)17-24-22(26)20(23)16-18(4)5;1-7-23(8-2,9-3)15-16-25-19(18-13-11-10-12-14-18)17-22-20(24)26-21(4,5)6;1-4(2)3-5(7)6(8)9;3-2(4,5)1(6)7;2-1-3;;/h9-13,18,20-21H,6-8,14-17H2,1-5H3;10-14,19H,7-9,15-17H2,1-6H3;4-5H,3H2,1-2H3,(H,8,9);(H,6,7);1H2;2*1H/t20-,21?;;5-;;;;/m0.0..../s1. The van der Waals surface area contributed by atoms with E-state index in [9.17, 15) is 27.6 Å². The summed E-state index contributed by atoms with van der Waals surface area (Å²) in [5.41, 5.74) is 1.66. The molecule has 4 N–H and O–H groups in total. The number of carboxylic acid groups (broad SMARTS) is 2. The number of hydrogen-bond donors (Lipinski definition) is 4. The Bertz CT molecular complexity index is 1710. The van der Waals surface area contributed by atoms with Crippen molar-refractivity contribution in [3.05, 3.63) is 71.8 Å². The lowest BCUT2D eigenvalue weighted by atomic mass is 10.1. The van der Waals surface area contributed by atoms with E-state index in [1.807, 2.05) is 83.1 Å². The van der Waals surface area contributed by atoms with E-state index < -0.39 is 29.8 Å². The Balaban J connectivity index is -0.000000312. The van der Waals surface area contributed by atoms with Crippen molar-refractivity contribution in [1.29, 1.82) is 0 Å². The molecule has 74 heavy (non-hydrogen) atoms. The molecule has 0 radical (unpaired) electrons. The highest BCUT2D eigenvalue weighted by atomic mass is 127. The van der Waals surface area contributed by atoms with Crippen LogP contribution in [-0.2, 0) is 28.6 Å². The van der Waals surface area contributed by atoms with Crippen LogP contribution in [-0.4, -0.2) is 149 Å². The molecule has 0 saturated heterocycles. The number of quaternary nitrogens is 2. The summed E-state index contributed by atoms with van der Waals surface area (Å²) in [5.74, 6) is -2.58. The monoisotopic (exact) mass is 1450 g/mol. The number of aliphatic carboxylic acids is 2. The van der Waals surface area contributed by atoms with Gasteiger partial charge in [-0.1, -0.05) is 120 Å². The van der Waals surface area contributed by atoms with Gasteiger partial charge in [0.1, 0.15) is 35.7 Å². The van der Waals surface area contributed by atoms with Gasteiger partial charge >= 0.3 is 24.2 Å². The first kappa shape index (κ1) is 81.6. The van der Waals surface area contributed by atoms with Gasteiger partial charge in [0, 0.05) is 6.54 Å². The zero-order chi connectivity index (χ0) is 56.1. The molecule has 2 amide bonds. The summed E-state index contributed by atoms with van der Waals surface area (Å²) in [4.78, 5) is 42.9. The summed E-state index contributed by atoms with van der Waals surface area (Å²) < 4.78 is 51.6. The van der Waals surface area contributed by atoms with E-state index in [0.717, 1.165) is 78.9 Å². The Labute approximate surface area is 503 Å². The number of hydrogen-bond acceptors (Lipinski definition) is 7. The van der Waals surface area contributed by atoms with Crippen LogP contribution in [0.3, 0.4) is 0 Å². The van der Waals surface area contributed by atoms with Crippen molar-refractivity contribution in [2.24, 2.45) is 11.8 Å². The van der Waals surface area contributed by atoms with Crippen LogP contribution in [0, 0.1) is 11.8 Å². The molecule has 2 aromatic carbocycles. The minimum Gasteiger partial charge on any atom is -1.00 e. The molecular formula is C52H89Br2Cl2F3I2N4O9. The van der Waals surface area contributed by atoms with Crippen LogP contribution in [0.2, 0.25) is 0 Å². The van der Waals surface area contributed by atoms with Crippen molar-refractivity contribution in [2.45, 2.75) is 136 Å². The van der Waals surface area contributed by atoms with E-state index >= 15 is 0 Å². The van der Waals surface area contributed by atoms with Gasteiger partial charge in [-0.2, -0.15) is 13.2 Å². The molecule has 0 heterocycles. The molecule has 434 valence electrons. The molecule has 0 aliphatic rings. The van der Waals surface area contributed by atoms with Crippen LogP contribution in [0.1, 0.15) is 126 Å². The molecule has 2 unspecified atom stereocenters. The van der Waals surface area contributed by atoms with E-state index in [0.29, 0.717) is 44.6 Å². The Morgan fingerprint density at radius 3 is 1.19 bits per heavy atom. The Hall–Kier alpha value is -1.25. The first-order valence-electron chi connectivity index (χ1n) is 24.7. The first-order chi connectivity index (χ1) is 33.5. The third-order valence-corrected chi connectivity index (χ3v) is 13.1. The lowest BCUT2D eigenvalue weighted by Gasteiger charge is -2.36. The molecule has 4 atom stereocenters. The van der Waals surface area contributed by atoms with Crippen LogP contribution in [0.25, 0.3) is 0 Å². The normalized spacial score (nSPS) is 12.8. The summed E-state index contributed by atoms with van der Waals surface area (Å²) >= 11 is 16.1. The second kappa shape index (κ2) is 45.6. The summed E-state index contributed by atoms with van der Waals surface area (Å²) in [5, 5.41) is 21.6. The SMILES string of the molecule is CC(C)C[C@H](Br)C(=O)O.CC[N+](CC)(CC)CCOC(CNC(=O)OC(C)(C)C)c1ccccc1.CC[N+](CC)(CC)CCOC(CNC(=O)[C@@H](Br)CC(C)C)c1ccccc1.ClCCl.O=C(O)C(F)(F)F.[I-].[I-]. The van der Waals surface area contributed by atoms with E-state index in [-0.39, 0.29) is 81.1 Å². The number of amides is 2. The number of ether oxygens (including phenoxy) is 3. The van der Waals surface area contributed by atoms with E-state index in [1.54, 1.807) is 0 Å². The lowest BCUT2D eigenvalue weighted by molar-refractivity contribution is -0.923. The molecule has 0 aliphatic heterocycles. The zero-order valence-corrected chi connectivity index (χ0v) is 54.9. The molecule has 0 spiro atoms.